The van der Waals surface area contributed by atoms with Crippen LogP contribution in [0.15, 0.2) is 60.7 Å². The van der Waals surface area contributed by atoms with Crippen LogP contribution in [0.3, 0.4) is 0 Å². The summed E-state index contributed by atoms with van der Waals surface area (Å²) >= 11 is 0. The van der Waals surface area contributed by atoms with E-state index in [0.717, 1.165) is 17.5 Å². The summed E-state index contributed by atoms with van der Waals surface area (Å²) < 4.78 is 0. The molecular formula is C27H38N4O3. The van der Waals surface area contributed by atoms with Gasteiger partial charge >= 0.3 is 6.03 Å². The van der Waals surface area contributed by atoms with Gasteiger partial charge in [-0.25, -0.2) is 4.79 Å². The van der Waals surface area contributed by atoms with Gasteiger partial charge in [-0.3, -0.25) is 4.79 Å². The number of nitrogens with zero attached hydrogens (tertiary/aromatic N) is 1. The van der Waals surface area contributed by atoms with E-state index in [1.807, 2.05) is 74.5 Å². The maximum Gasteiger partial charge on any atom is 0.318 e. The Morgan fingerprint density at radius 3 is 2.21 bits per heavy atom. The largest absolute Gasteiger partial charge is 0.391 e. The minimum atomic E-state index is -0.787. The molecule has 0 spiro atoms. The zero-order valence-electron chi connectivity index (χ0n) is 20.2. The molecule has 2 aromatic carbocycles. The van der Waals surface area contributed by atoms with Crippen LogP contribution in [0.2, 0.25) is 0 Å². The molecule has 1 aliphatic heterocycles. The molecule has 0 radical (unpaired) electrons. The monoisotopic (exact) mass is 466 g/mol. The molecule has 0 aromatic heterocycles. The van der Waals surface area contributed by atoms with Crippen LogP contribution in [-0.4, -0.2) is 59.3 Å². The Morgan fingerprint density at radius 2 is 1.65 bits per heavy atom. The highest BCUT2D eigenvalue weighted by Crippen LogP contribution is 2.17. The maximum absolute atomic E-state index is 13.4. The molecule has 7 nitrogen and oxygen atoms in total. The smallest absolute Gasteiger partial charge is 0.318 e. The molecule has 1 fully saturated rings. The summed E-state index contributed by atoms with van der Waals surface area (Å²) in [5.41, 5.74) is 8.47. The first-order chi connectivity index (χ1) is 16.3. The molecule has 184 valence electrons. The molecule has 0 unspecified atom stereocenters. The Morgan fingerprint density at radius 1 is 1.06 bits per heavy atom. The number of nitrogens with two attached hydrogens (primary N) is 1. The highest BCUT2D eigenvalue weighted by atomic mass is 16.3. The molecule has 2 aromatic rings. The van der Waals surface area contributed by atoms with Gasteiger partial charge in [0.1, 0.15) is 6.04 Å². The predicted octanol–water partition coefficient (Wildman–Crippen LogP) is 2.47. The second kappa shape index (κ2) is 12.5. The first kappa shape index (κ1) is 25.7. The molecule has 3 amide bonds. The molecule has 1 heterocycles. The van der Waals surface area contributed by atoms with Gasteiger partial charge in [0, 0.05) is 25.2 Å². The van der Waals surface area contributed by atoms with Gasteiger partial charge in [0.2, 0.25) is 5.91 Å². The van der Waals surface area contributed by atoms with Crippen molar-refractivity contribution in [3.05, 3.63) is 71.8 Å². The highest BCUT2D eigenvalue weighted by Gasteiger charge is 2.35. The van der Waals surface area contributed by atoms with Gasteiger partial charge in [-0.05, 0) is 42.7 Å². The molecule has 1 saturated heterocycles. The lowest BCUT2D eigenvalue weighted by molar-refractivity contribution is -0.128. The molecule has 4 atom stereocenters. The number of nitrogens with one attached hydrogen (secondary N) is 2. The number of aliphatic hydroxyl groups excluding tert-OH is 1. The number of hydrogen-bond donors (Lipinski definition) is 4. The van der Waals surface area contributed by atoms with Gasteiger partial charge in [-0.1, -0.05) is 74.5 Å². The summed E-state index contributed by atoms with van der Waals surface area (Å²) in [5, 5.41) is 16.9. The third-order valence-corrected chi connectivity index (χ3v) is 6.35. The van der Waals surface area contributed by atoms with Gasteiger partial charge in [0.15, 0.2) is 0 Å². The molecule has 0 bridgehead atoms. The van der Waals surface area contributed by atoms with E-state index in [0.29, 0.717) is 32.4 Å². The summed E-state index contributed by atoms with van der Waals surface area (Å²) in [5.74, 6) is -0.247. The summed E-state index contributed by atoms with van der Waals surface area (Å²) in [6.07, 6.45) is 1.47. The number of rotatable bonds is 11. The van der Waals surface area contributed by atoms with E-state index in [1.54, 1.807) is 4.90 Å². The zero-order chi connectivity index (χ0) is 24.5. The van der Waals surface area contributed by atoms with Crippen LogP contribution in [-0.2, 0) is 17.6 Å². The van der Waals surface area contributed by atoms with E-state index in [2.05, 4.69) is 10.6 Å². The van der Waals surface area contributed by atoms with E-state index in [-0.39, 0.29) is 23.9 Å². The lowest BCUT2D eigenvalue weighted by Crippen LogP contribution is -2.59. The average Bonchev–Trinajstić information content (AvgIpc) is 2.81. The molecule has 7 heteroatoms. The van der Waals surface area contributed by atoms with Gasteiger partial charge < -0.3 is 26.4 Å². The maximum atomic E-state index is 13.4. The Labute approximate surface area is 202 Å². The van der Waals surface area contributed by atoms with Crippen molar-refractivity contribution in [1.82, 2.24) is 15.5 Å². The Hall–Kier alpha value is -2.90. The topological polar surface area (TPSA) is 108 Å². The van der Waals surface area contributed by atoms with E-state index in [1.165, 1.54) is 0 Å². The van der Waals surface area contributed by atoms with Crippen LogP contribution < -0.4 is 16.4 Å². The van der Waals surface area contributed by atoms with E-state index >= 15 is 0 Å². The van der Waals surface area contributed by atoms with Gasteiger partial charge in [0.05, 0.1) is 6.10 Å². The first-order valence-corrected chi connectivity index (χ1v) is 12.2. The number of hydrogen-bond acceptors (Lipinski definition) is 4. The van der Waals surface area contributed by atoms with E-state index < -0.39 is 18.2 Å². The van der Waals surface area contributed by atoms with Crippen LogP contribution in [0.4, 0.5) is 4.79 Å². The van der Waals surface area contributed by atoms with Crippen LogP contribution in [0.1, 0.15) is 37.8 Å². The summed E-state index contributed by atoms with van der Waals surface area (Å²) in [4.78, 5) is 27.5. The van der Waals surface area contributed by atoms with Crippen molar-refractivity contribution in [2.75, 3.05) is 13.1 Å². The fourth-order valence-electron chi connectivity index (χ4n) is 4.58. The average molecular weight is 467 g/mol. The molecule has 3 rings (SSSR count). The van der Waals surface area contributed by atoms with Crippen molar-refractivity contribution in [3.63, 3.8) is 0 Å². The lowest BCUT2D eigenvalue weighted by Gasteiger charge is -2.37. The van der Waals surface area contributed by atoms with E-state index in [4.69, 9.17) is 5.73 Å². The normalized spacial score (nSPS) is 17.6. The second-order valence-electron chi connectivity index (χ2n) is 9.52. The molecule has 5 N–H and O–H groups in total. The van der Waals surface area contributed by atoms with Crippen molar-refractivity contribution in [3.8, 4) is 0 Å². The number of carbonyl (C=O) groups excluding carboxylic acids is 2. The minimum Gasteiger partial charge on any atom is -0.391 e. The SMILES string of the molecule is CC(C)[C@@H](C(=O)N[C@@H](Cc1ccccc1)C[C@H](O)[C@@H](N)Cc1ccccc1)N1CCCNC1=O. The Kier molecular flexibility index (Phi) is 9.48. The van der Waals surface area contributed by atoms with Crippen molar-refractivity contribution in [2.45, 2.75) is 63.8 Å². The summed E-state index contributed by atoms with van der Waals surface area (Å²) in [6, 6.07) is 18.2. The Bertz CT molecular complexity index is 907. The summed E-state index contributed by atoms with van der Waals surface area (Å²) in [7, 11) is 0. The Balaban J connectivity index is 1.72. The van der Waals surface area contributed by atoms with Crippen LogP contribution >= 0.6 is 0 Å². The van der Waals surface area contributed by atoms with Crippen molar-refractivity contribution in [1.29, 1.82) is 0 Å². The lowest BCUT2D eigenvalue weighted by atomic mass is 9.93. The second-order valence-corrected chi connectivity index (χ2v) is 9.52. The number of amides is 3. The van der Waals surface area contributed by atoms with Gasteiger partial charge in [0.25, 0.3) is 0 Å². The van der Waals surface area contributed by atoms with Crippen molar-refractivity contribution >= 4 is 11.9 Å². The van der Waals surface area contributed by atoms with Crippen LogP contribution in [0, 0.1) is 5.92 Å². The fourth-order valence-corrected chi connectivity index (χ4v) is 4.58. The first-order valence-electron chi connectivity index (χ1n) is 12.2. The predicted molar refractivity (Wildman–Crippen MR) is 134 cm³/mol. The van der Waals surface area contributed by atoms with Crippen LogP contribution in [0.25, 0.3) is 0 Å². The minimum absolute atomic E-state index is 0.0495. The van der Waals surface area contributed by atoms with E-state index in [9.17, 15) is 14.7 Å². The third kappa shape index (κ3) is 7.30. The number of carbonyl (C=O) groups is 2. The molecule has 1 aliphatic rings. The zero-order valence-corrected chi connectivity index (χ0v) is 20.2. The molecular weight excluding hydrogens is 428 g/mol. The number of aliphatic hydroxyl groups is 1. The quantitative estimate of drug-likeness (QED) is 0.408. The molecule has 0 aliphatic carbocycles. The molecule has 34 heavy (non-hydrogen) atoms. The number of benzene rings is 2. The van der Waals surface area contributed by atoms with Gasteiger partial charge in [-0.2, -0.15) is 0 Å². The highest BCUT2D eigenvalue weighted by molar-refractivity contribution is 5.87. The third-order valence-electron chi connectivity index (χ3n) is 6.35. The van der Waals surface area contributed by atoms with Crippen LogP contribution in [0.5, 0.6) is 0 Å². The van der Waals surface area contributed by atoms with Crippen molar-refractivity contribution < 1.29 is 14.7 Å². The molecule has 0 saturated carbocycles. The number of urea groups is 1. The van der Waals surface area contributed by atoms with Crippen molar-refractivity contribution in [2.24, 2.45) is 11.7 Å². The standard InChI is InChI=1S/C27H38N4O3/c1-19(2)25(31-15-9-14-29-27(31)34)26(33)30-22(16-20-10-5-3-6-11-20)18-24(32)23(28)17-21-12-7-4-8-13-21/h3-8,10-13,19,22-25,32H,9,14-18,28H2,1-2H3,(H,29,34)(H,30,33)/t22-,23-,24-,25-/m0/s1. The fraction of sp³-hybridized carbons (Fsp3) is 0.481. The summed E-state index contributed by atoms with van der Waals surface area (Å²) in [6.45, 7) is 5.08. The van der Waals surface area contributed by atoms with Gasteiger partial charge in [-0.15, -0.1) is 0 Å².